The summed E-state index contributed by atoms with van der Waals surface area (Å²) in [7, 11) is 1.54. The predicted octanol–water partition coefficient (Wildman–Crippen LogP) is 4.69. The molecule has 380 valence electrons. The van der Waals surface area contributed by atoms with Crippen LogP contribution in [0.25, 0.3) is 0 Å². The van der Waals surface area contributed by atoms with Crippen molar-refractivity contribution in [2.24, 2.45) is 11.8 Å². The van der Waals surface area contributed by atoms with Gasteiger partial charge in [0.15, 0.2) is 25.0 Å². The van der Waals surface area contributed by atoms with Crippen molar-refractivity contribution in [1.29, 1.82) is 0 Å². The Kier molecular flexibility index (Phi) is 15.2. The highest BCUT2D eigenvalue weighted by atomic mass is 16.8. The molecule has 0 aromatic heterocycles. The summed E-state index contributed by atoms with van der Waals surface area (Å²) < 4.78 is 67.3. The van der Waals surface area contributed by atoms with E-state index in [2.05, 4.69) is 16.0 Å². The number of nitrogens with one attached hydrogen (secondary N) is 3. The molecule has 5 heterocycles. The molecule has 6 fully saturated rings. The number of ether oxygens (including phenoxy) is 11. The topological polar surface area (TPSA) is 243 Å². The molecule has 1 aliphatic carbocycles. The lowest BCUT2D eigenvalue weighted by Gasteiger charge is -2.51. The minimum absolute atomic E-state index is 0.00371. The number of amides is 4. The van der Waals surface area contributed by atoms with Crippen molar-refractivity contribution < 1.29 is 80.9 Å². The first-order valence-electron chi connectivity index (χ1n) is 23.8. The third-order valence-electron chi connectivity index (χ3n) is 13.7. The lowest BCUT2D eigenvalue weighted by molar-refractivity contribution is -0.364. The molecule has 0 bridgehead atoms. The van der Waals surface area contributed by atoms with Gasteiger partial charge in [-0.25, -0.2) is 24.0 Å². The van der Waals surface area contributed by atoms with Gasteiger partial charge in [0.05, 0.1) is 23.8 Å². The van der Waals surface area contributed by atoms with Gasteiger partial charge in [0.1, 0.15) is 56.4 Å². The van der Waals surface area contributed by atoms with Gasteiger partial charge in [0.25, 0.3) is 0 Å². The van der Waals surface area contributed by atoms with E-state index in [1.54, 1.807) is 44.3 Å². The Hall–Kier alpha value is -6.52. The van der Waals surface area contributed by atoms with Crippen molar-refractivity contribution in [3.63, 3.8) is 0 Å². The molecule has 71 heavy (non-hydrogen) atoms. The number of rotatable bonds is 13. The van der Waals surface area contributed by atoms with Gasteiger partial charge in [-0.2, -0.15) is 0 Å². The molecule has 3 aromatic rings. The molecule has 21 heteroatoms. The maximum absolute atomic E-state index is 13.6. The number of hydrogen-bond acceptors (Lipinski definition) is 17. The molecule has 0 spiro atoms. The number of esters is 2. The number of carbonyl (C=O) groups is 6. The first kappa shape index (κ1) is 49.5. The average molecular weight is 987 g/mol. The zero-order valence-corrected chi connectivity index (χ0v) is 39.5. The maximum atomic E-state index is 13.6. The Bertz CT molecular complexity index is 2370. The van der Waals surface area contributed by atoms with Crippen LogP contribution in [-0.4, -0.2) is 141 Å². The zero-order valence-electron chi connectivity index (χ0n) is 39.5. The second kappa shape index (κ2) is 21.9. The summed E-state index contributed by atoms with van der Waals surface area (Å²) in [6, 6.07) is 23.5. The van der Waals surface area contributed by atoms with E-state index in [1.165, 1.54) is 11.8 Å². The molecular weight excluding hydrogens is 929 g/mol. The van der Waals surface area contributed by atoms with Crippen LogP contribution in [0, 0.1) is 11.8 Å². The van der Waals surface area contributed by atoms with Crippen LogP contribution < -0.4 is 16.0 Å². The van der Waals surface area contributed by atoms with Gasteiger partial charge in [0.2, 0.25) is 0 Å². The van der Waals surface area contributed by atoms with E-state index < -0.39 is 134 Å². The minimum atomic E-state index is -1.12. The molecule has 6 aliphatic rings. The normalized spacial score (nSPS) is 34.1. The highest BCUT2D eigenvalue weighted by Gasteiger charge is 2.60. The summed E-state index contributed by atoms with van der Waals surface area (Å²) in [5.41, 5.74) is 1.86. The number of likely N-dealkylation sites (N-methyl/N-ethyl adjacent to an activating group) is 1. The number of alkyl carbamates (subject to hydrolysis) is 3. The third-order valence-corrected chi connectivity index (χ3v) is 13.7. The van der Waals surface area contributed by atoms with Gasteiger partial charge < -0.3 is 68.1 Å². The summed E-state index contributed by atoms with van der Waals surface area (Å²) >= 11 is 0. The summed E-state index contributed by atoms with van der Waals surface area (Å²) in [6.07, 6.45) is -11.9. The smallest absolute Gasteiger partial charge is 0.410 e. The lowest BCUT2D eigenvalue weighted by atomic mass is 9.78. The lowest BCUT2D eigenvalue weighted by Crippen LogP contribution is -2.67. The van der Waals surface area contributed by atoms with Gasteiger partial charge in [-0.3, -0.25) is 9.69 Å². The van der Waals surface area contributed by atoms with E-state index >= 15 is 0 Å². The molecule has 21 nitrogen and oxygen atoms in total. The number of carbonyl (C=O) groups excluding carboxylic acids is 6. The number of fused-ring (bicyclic) bond motifs is 4. The second-order valence-electron chi connectivity index (χ2n) is 18.6. The van der Waals surface area contributed by atoms with Crippen molar-refractivity contribution in [3.05, 3.63) is 108 Å². The van der Waals surface area contributed by atoms with Crippen LogP contribution in [0.5, 0.6) is 0 Å². The molecule has 0 radical (unpaired) electrons. The van der Waals surface area contributed by atoms with Crippen molar-refractivity contribution in [3.8, 4) is 0 Å². The molecule has 5 saturated heterocycles. The van der Waals surface area contributed by atoms with E-state index in [0.717, 1.165) is 11.1 Å². The second-order valence-corrected chi connectivity index (χ2v) is 18.6. The van der Waals surface area contributed by atoms with Crippen LogP contribution in [0.3, 0.4) is 0 Å². The average Bonchev–Trinajstić information content (AvgIpc) is 3.67. The first-order chi connectivity index (χ1) is 34.3. The first-order valence-corrected chi connectivity index (χ1v) is 23.8. The highest BCUT2D eigenvalue weighted by Crippen LogP contribution is 2.43. The van der Waals surface area contributed by atoms with Gasteiger partial charge in [-0.1, -0.05) is 92.7 Å². The fourth-order valence-electron chi connectivity index (χ4n) is 10.1. The van der Waals surface area contributed by atoms with E-state index in [9.17, 15) is 28.8 Å². The monoisotopic (exact) mass is 986 g/mol. The van der Waals surface area contributed by atoms with Crippen molar-refractivity contribution in [2.75, 3.05) is 13.7 Å². The molecule has 16 atom stereocenters. The minimum Gasteiger partial charge on any atom is -0.459 e. The Labute approximate surface area is 409 Å². The Morgan fingerprint density at radius 2 is 1.34 bits per heavy atom. The molecule has 5 aliphatic heterocycles. The molecular formula is C50H58N4O17. The van der Waals surface area contributed by atoms with E-state index in [-0.39, 0.29) is 32.7 Å². The highest BCUT2D eigenvalue weighted by molar-refractivity contribution is 5.89. The number of benzene rings is 3. The van der Waals surface area contributed by atoms with Gasteiger partial charge in [-0.05, 0) is 36.1 Å². The quantitative estimate of drug-likeness (QED) is 0.155. The summed E-state index contributed by atoms with van der Waals surface area (Å²) in [5.74, 6) is -2.21. The fourth-order valence-corrected chi connectivity index (χ4v) is 10.1. The standard InChI is InChI=1S/C50H58N4O17/c1-26-20-35-42(43-39(54(4)50(60)71-43)46(67-35)68-37-22-34(38-36(65-37)25-63-49(59)53-38)66-44(56)31-18-12-7-13-19-31)70-45(26)69-41-33(52-48(58)62-24-30-16-10-6-11-17-30)21-32(27(2)40(41)64-28(3)55)51-47(57)61-23-29-14-8-5-9-15-29/h5-19,26-27,32-43,45-46H,20-25H2,1-4H3,(H,51,57)(H,52,58)(H,53,59)/t26?,27?,32-,33?,34-,35+,36?,37-,38+,39?,40-,41-,42?,43?,45+,46?/m1/s1. The summed E-state index contributed by atoms with van der Waals surface area (Å²) in [6.45, 7) is 4.79. The Morgan fingerprint density at radius 1 is 0.704 bits per heavy atom. The van der Waals surface area contributed by atoms with Crippen molar-refractivity contribution in [2.45, 2.75) is 139 Å². The number of cyclic esters (lactones) is 1. The Balaban J connectivity index is 0.915. The van der Waals surface area contributed by atoms with E-state index in [4.69, 9.17) is 52.1 Å². The van der Waals surface area contributed by atoms with E-state index in [0.29, 0.717) is 12.0 Å². The van der Waals surface area contributed by atoms with Gasteiger partial charge >= 0.3 is 36.3 Å². The van der Waals surface area contributed by atoms with Crippen LogP contribution in [-0.2, 0) is 70.1 Å². The SMILES string of the molecule is CC(=O)O[C@@H]1C(C)[C@H](NC(=O)OCc2ccccc2)CC(NC(=O)OCc2ccccc2)[C@H]1O[C@H]1OC2C3OC(=O)N(C)C3C(O[C@@H]3C[C@@H](OC(=O)c4ccccc4)[C@@H]4NC(=O)OCC4O3)O[C@H]2CC1C. The van der Waals surface area contributed by atoms with Crippen LogP contribution >= 0.6 is 0 Å². The van der Waals surface area contributed by atoms with E-state index in [1.807, 2.05) is 67.6 Å². The number of nitrogens with zero attached hydrogens (tertiary/aromatic N) is 1. The molecule has 1 saturated carbocycles. The van der Waals surface area contributed by atoms with Gasteiger partial charge in [-0.15, -0.1) is 0 Å². The maximum Gasteiger partial charge on any atom is 0.410 e. The van der Waals surface area contributed by atoms with Gasteiger partial charge in [0, 0.05) is 38.3 Å². The largest absolute Gasteiger partial charge is 0.459 e. The predicted molar refractivity (Wildman–Crippen MR) is 243 cm³/mol. The molecule has 4 amide bonds. The van der Waals surface area contributed by atoms with Crippen molar-refractivity contribution in [1.82, 2.24) is 20.9 Å². The molecule has 8 unspecified atom stereocenters. The third kappa shape index (κ3) is 11.5. The fraction of sp³-hybridized carbons (Fsp3) is 0.520. The number of hydrogen-bond donors (Lipinski definition) is 3. The van der Waals surface area contributed by atoms with Crippen molar-refractivity contribution >= 4 is 36.3 Å². The molecule has 9 rings (SSSR count). The molecule has 3 aromatic carbocycles. The van der Waals surface area contributed by atoms with Crippen LogP contribution in [0.2, 0.25) is 0 Å². The van der Waals surface area contributed by atoms with Crippen LogP contribution in [0.4, 0.5) is 19.2 Å². The zero-order chi connectivity index (χ0) is 49.8. The summed E-state index contributed by atoms with van der Waals surface area (Å²) in [4.78, 5) is 79.9. The molecule has 3 N–H and O–H groups in total. The Morgan fingerprint density at radius 3 is 1.99 bits per heavy atom. The summed E-state index contributed by atoms with van der Waals surface area (Å²) in [5, 5.41) is 8.52. The van der Waals surface area contributed by atoms with Crippen LogP contribution in [0.15, 0.2) is 91.0 Å². The van der Waals surface area contributed by atoms with Crippen LogP contribution in [0.1, 0.15) is 61.5 Å².